The summed E-state index contributed by atoms with van der Waals surface area (Å²) in [7, 11) is -3.36. The first-order chi connectivity index (χ1) is 14.3. The number of rotatable bonds is 4. The number of aryl methyl sites for hydroxylation is 2. The predicted molar refractivity (Wildman–Crippen MR) is 125 cm³/mol. The Morgan fingerprint density at radius 2 is 1.57 bits per heavy atom. The molecule has 0 bridgehead atoms. The van der Waals surface area contributed by atoms with E-state index in [0.29, 0.717) is 30.8 Å². The van der Waals surface area contributed by atoms with E-state index in [4.69, 9.17) is 4.98 Å². The second-order valence-corrected chi connectivity index (χ2v) is 11.2. The molecule has 1 aliphatic heterocycles. The van der Waals surface area contributed by atoms with Gasteiger partial charge in [0.25, 0.3) is 0 Å². The van der Waals surface area contributed by atoms with E-state index in [1.165, 1.54) is 0 Å². The summed E-state index contributed by atoms with van der Waals surface area (Å²) in [5.41, 5.74) is 5.97. The van der Waals surface area contributed by atoms with Crippen molar-refractivity contribution >= 4 is 26.3 Å². The number of aromatic nitrogens is 1. The molecule has 4 nitrogen and oxygen atoms in total. The SMILES string of the molecule is Cc1cc(C)c(C)c(S(=O)(=O)C2CCN(c3nc(-c4ccccc4)cs3)CC2)c1C. The van der Waals surface area contributed by atoms with E-state index in [2.05, 4.69) is 28.5 Å². The molecule has 0 N–H and O–H groups in total. The zero-order valence-electron chi connectivity index (χ0n) is 18.0. The maximum atomic E-state index is 13.5. The molecule has 4 rings (SSSR count). The Labute approximate surface area is 183 Å². The fourth-order valence-electron chi connectivity index (χ4n) is 4.28. The average Bonchev–Trinajstić information content (AvgIpc) is 3.23. The highest BCUT2D eigenvalue weighted by Crippen LogP contribution is 2.34. The van der Waals surface area contributed by atoms with E-state index in [1.54, 1.807) is 11.3 Å². The van der Waals surface area contributed by atoms with Gasteiger partial charge in [0, 0.05) is 24.0 Å². The van der Waals surface area contributed by atoms with Crippen LogP contribution in [-0.2, 0) is 9.84 Å². The summed E-state index contributed by atoms with van der Waals surface area (Å²) in [6, 6.07) is 12.2. The molecule has 0 aliphatic carbocycles. The quantitative estimate of drug-likeness (QED) is 0.538. The van der Waals surface area contributed by atoms with Gasteiger partial charge in [0.05, 0.1) is 15.8 Å². The van der Waals surface area contributed by atoms with Crippen molar-refractivity contribution in [1.29, 1.82) is 0 Å². The summed E-state index contributed by atoms with van der Waals surface area (Å²) < 4.78 is 27.1. The number of hydrogen-bond donors (Lipinski definition) is 0. The fraction of sp³-hybridized carbons (Fsp3) is 0.375. The van der Waals surface area contributed by atoms with E-state index < -0.39 is 9.84 Å². The summed E-state index contributed by atoms with van der Waals surface area (Å²) >= 11 is 1.63. The maximum absolute atomic E-state index is 13.5. The van der Waals surface area contributed by atoms with Crippen molar-refractivity contribution in [2.45, 2.75) is 50.7 Å². The van der Waals surface area contributed by atoms with Gasteiger partial charge in [-0.3, -0.25) is 0 Å². The molecule has 0 unspecified atom stereocenters. The molecule has 1 aliphatic rings. The molecular weight excluding hydrogens is 412 g/mol. The van der Waals surface area contributed by atoms with Crippen LogP contribution in [0.15, 0.2) is 46.7 Å². The van der Waals surface area contributed by atoms with Gasteiger partial charge in [-0.1, -0.05) is 36.4 Å². The molecule has 0 atom stereocenters. The van der Waals surface area contributed by atoms with Gasteiger partial charge in [0.15, 0.2) is 15.0 Å². The number of thiazole rings is 1. The fourth-order valence-corrected chi connectivity index (χ4v) is 7.51. The van der Waals surface area contributed by atoms with Crippen molar-refractivity contribution in [3.63, 3.8) is 0 Å². The molecule has 30 heavy (non-hydrogen) atoms. The Bertz CT molecular complexity index is 1130. The van der Waals surface area contributed by atoms with Gasteiger partial charge in [-0.15, -0.1) is 11.3 Å². The second kappa shape index (κ2) is 8.16. The molecule has 0 spiro atoms. The summed E-state index contributed by atoms with van der Waals surface area (Å²) in [4.78, 5) is 7.58. The van der Waals surface area contributed by atoms with Crippen LogP contribution in [0.3, 0.4) is 0 Å². The van der Waals surface area contributed by atoms with Crippen LogP contribution in [0.1, 0.15) is 35.1 Å². The van der Waals surface area contributed by atoms with E-state index in [0.717, 1.165) is 38.6 Å². The number of benzene rings is 2. The van der Waals surface area contributed by atoms with Crippen molar-refractivity contribution in [2.24, 2.45) is 0 Å². The summed E-state index contributed by atoms with van der Waals surface area (Å²) in [6.07, 6.45) is 1.27. The normalized spacial score (nSPS) is 15.5. The highest BCUT2D eigenvalue weighted by atomic mass is 32.2. The van der Waals surface area contributed by atoms with Gasteiger partial charge in [0.2, 0.25) is 0 Å². The third-order valence-corrected chi connectivity index (χ3v) is 9.73. The van der Waals surface area contributed by atoms with Gasteiger partial charge < -0.3 is 4.90 Å². The topological polar surface area (TPSA) is 50.3 Å². The van der Waals surface area contributed by atoms with Crippen LogP contribution in [0.4, 0.5) is 5.13 Å². The predicted octanol–water partition coefficient (Wildman–Crippen LogP) is 5.49. The van der Waals surface area contributed by atoms with Gasteiger partial charge >= 0.3 is 0 Å². The maximum Gasteiger partial charge on any atom is 0.185 e. The molecule has 2 aromatic carbocycles. The standard InChI is InChI=1S/C24H28N2O2S2/c1-16-14-17(2)19(4)23(18(16)3)30(27,28)21-10-12-26(13-11-21)24-25-22(15-29-24)20-8-6-5-7-9-20/h5-9,14-15,21H,10-13H2,1-4H3. The zero-order chi connectivity index (χ0) is 21.5. The Kier molecular flexibility index (Phi) is 5.73. The number of piperidine rings is 1. The lowest BCUT2D eigenvalue weighted by Crippen LogP contribution is -2.39. The molecule has 1 fully saturated rings. The molecule has 3 aromatic rings. The average molecular weight is 441 g/mol. The minimum absolute atomic E-state index is 0.332. The third kappa shape index (κ3) is 3.79. The van der Waals surface area contributed by atoms with E-state index in [-0.39, 0.29) is 5.25 Å². The minimum atomic E-state index is -3.36. The van der Waals surface area contributed by atoms with Crippen molar-refractivity contribution in [2.75, 3.05) is 18.0 Å². The number of hydrogen-bond acceptors (Lipinski definition) is 5. The molecule has 0 radical (unpaired) electrons. The summed E-state index contributed by atoms with van der Waals surface area (Å²) in [5, 5.41) is 2.72. The molecular formula is C24H28N2O2S2. The Hall–Kier alpha value is -2.18. The molecule has 6 heteroatoms. The lowest BCUT2D eigenvalue weighted by atomic mass is 10.0. The first kappa shape index (κ1) is 21.1. The second-order valence-electron chi connectivity index (χ2n) is 8.20. The Balaban J connectivity index is 1.52. The van der Waals surface area contributed by atoms with Crippen LogP contribution in [0, 0.1) is 27.7 Å². The lowest BCUT2D eigenvalue weighted by molar-refractivity contribution is 0.528. The van der Waals surface area contributed by atoms with Crippen LogP contribution < -0.4 is 4.90 Å². The minimum Gasteiger partial charge on any atom is -0.348 e. The van der Waals surface area contributed by atoms with E-state index >= 15 is 0 Å². The first-order valence-electron chi connectivity index (χ1n) is 10.4. The van der Waals surface area contributed by atoms with Gasteiger partial charge in [0.1, 0.15) is 0 Å². The van der Waals surface area contributed by atoms with Crippen LogP contribution in [0.5, 0.6) is 0 Å². The smallest absolute Gasteiger partial charge is 0.185 e. The highest BCUT2D eigenvalue weighted by Gasteiger charge is 2.34. The summed E-state index contributed by atoms with van der Waals surface area (Å²) in [6.45, 7) is 9.30. The van der Waals surface area contributed by atoms with E-state index in [9.17, 15) is 8.42 Å². The molecule has 2 heterocycles. The van der Waals surface area contributed by atoms with E-state index in [1.807, 2.05) is 45.9 Å². The zero-order valence-corrected chi connectivity index (χ0v) is 19.6. The van der Waals surface area contributed by atoms with Crippen molar-refractivity contribution in [1.82, 2.24) is 4.98 Å². The van der Waals surface area contributed by atoms with Crippen LogP contribution in [-0.4, -0.2) is 31.7 Å². The molecule has 0 saturated carbocycles. The van der Waals surface area contributed by atoms with Crippen molar-refractivity contribution < 1.29 is 8.42 Å². The third-order valence-electron chi connectivity index (χ3n) is 6.29. The van der Waals surface area contributed by atoms with Crippen molar-refractivity contribution in [3.05, 3.63) is 64.0 Å². The molecule has 0 amide bonds. The molecule has 1 aromatic heterocycles. The Morgan fingerprint density at radius 3 is 2.17 bits per heavy atom. The number of anilines is 1. The van der Waals surface area contributed by atoms with Crippen LogP contribution in [0.25, 0.3) is 11.3 Å². The number of nitrogens with zero attached hydrogens (tertiary/aromatic N) is 2. The highest BCUT2D eigenvalue weighted by molar-refractivity contribution is 7.92. The summed E-state index contributed by atoms with van der Waals surface area (Å²) in [5.74, 6) is 0. The molecule has 1 saturated heterocycles. The van der Waals surface area contributed by atoms with Gasteiger partial charge in [-0.25, -0.2) is 13.4 Å². The molecule has 158 valence electrons. The van der Waals surface area contributed by atoms with Crippen molar-refractivity contribution in [3.8, 4) is 11.3 Å². The van der Waals surface area contributed by atoms with Gasteiger partial charge in [-0.05, 0) is 62.8 Å². The Morgan fingerprint density at radius 1 is 0.967 bits per heavy atom. The first-order valence-corrected chi connectivity index (χ1v) is 12.8. The number of sulfone groups is 1. The van der Waals surface area contributed by atoms with Crippen LogP contribution >= 0.6 is 11.3 Å². The largest absolute Gasteiger partial charge is 0.348 e. The van der Waals surface area contributed by atoms with Gasteiger partial charge in [-0.2, -0.15) is 0 Å². The van der Waals surface area contributed by atoms with Crippen LogP contribution in [0.2, 0.25) is 0 Å². The monoisotopic (exact) mass is 440 g/mol. The lowest BCUT2D eigenvalue weighted by Gasteiger charge is -2.32.